The van der Waals surface area contributed by atoms with Crippen molar-refractivity contribution in [3.63, 3.8) is 0 Å². The normalized spacial score (nSPS) is 12.4. The zero-order chi connectivity index (χ0) is 20.8. The Morgan fingerprint density at radius 1 is 1.10 bits per heavy atom. The maximum atomic E-state index is 10.6. The molecule has 0 aliphatic rings. The summed E-state index contributed by atoms with van der Waals surface area (Å²) in [6.45, 7) is 3.47. The van der Waals surface area contributed by atoms with E-state index in [0.717, 1.165) is 33.8 Å². The lowest BCUT2D eigenvalue weighted by molar-refractivity contribution is 0.184. The highest BCUT2D eigenvalue weighted by Crippen LogP contribution is 2.29. The molecule has 4 rings (SSSR count). The number of guanidine groups is 1. The first-order chi connectivity index (χ1) is 14.7. The molecule has 0 amide bonds. The molecule has 2 heterocycles. The average molecular weight is 548 g/mol. The van der Waals surface area contributed by atoms with Crippen LogP contribution in [0.4, 0.5) is 0 Å². The smallest absolute Gasteiger partial charge is 0.191 e. The number of aliphatic hydroxyl groups excluding tert-OH is 1. The predicted molar refractivity (Wildman–Crippen MR) is 137 cm³/mol. The van der Waals surface area contributed by atoms with Crippen LogP contribution in [0.25, 0.3) is 21.4 Å². The van der Waals surface area contributed by atoms with E-state index in [9.17, 15) is 5.11 Å². The summed E-state index contributed by atoms with van der Waals surface area (Å²) >= 11 is 1.61. The molecule has 6 nitrogen and oxygen atoms in total. The molecule has 1 unspecified atom stereocenters. The van der Waals surface area contributed by atoms with Gasteiger partial charge in [-0.3, -0.25) is 0 Å². The van der Waals surface area contributed by atoms with E-state index in [-0.39, 0.29) is 24.0 Å². The minimum absolute atomic E-state index is 0. The third-order valence-electron chi connectivity index (χ3n) is 4.60. The topological polar surface area (TPSA) is 82.7 Å². The van der Waals surface area contributed by atoms with Gasteiger partial charge in [0.15, 0.2) is 11.7 Å². The molecule has 0 aliphatic carbocycles. The van der Waals surface area contributed by atoms with Gasteiger partial charge in [-0.1, -0.05) is 53.7 Å². The Balaban J connectivity index is 0.00000272. The van der Waals surface area contributed by atoms with Crippen LogP contribution in [-0.2, 0) is 6.54 Å². The van der Waals surface area contributed by atoms with Crippen LogP contribution in [0, 0.1) is 0 Å². The van der Waals surface area contributed by atoms with Gasteiger partial charge in [-0.2, -0.15) is 0 Å². The Kier molecular flexibility index (Phi) is 8.44. The quantitative estimate of drug-likeness (QED) is 0.173. The lowest BCUT2D eigenvalue weighted by atomic mass is 10.2. The third kappa shape index (κ3) is 6.05. The molecule has 0 saturated carbocycles. The maximum absolute atomic E-state index is 10.6. The van der Waals surface area contributed by atoms with Gasteiger partial charge in [-0.15, -0.1) is 35.3 Å². The summed E-state index contributed by atoms with van der Waals surface area (Å²) in [7, 11) is 0. The van der Waals surface area contributed by atoms with Crippen LogP contribution < -0.4 is 10.6 Å². The molecule has 4 aromatic rings. The van der Waals surface area contributed by atoms with E-state index in [1.54, 1.807) is 11.3 Å². The lowest BCUT2D eigenvalue weighted by Gasteiger charge is -2.14. The highest BCUT2D eigenvalue weighted by molar-refractivity contribution is 14.0. The van der Waals surface area contributed by atoms with E-state index in [1.807, 2.05) is 61.5 Å². The van der Waals surface area contributed by atoms with Gasteiger partial charge in [0.2, 0.25) is 0 Å². The van der Waals surface area contributed by atoms with Gasteiger partial charge in [-0.05, 0) is 24.4 Å². The highest BCUT2D eigenvalue weighted by Gasteiger charge is 2.12. The third-order valence-corrected chi connectivity index (χ3v) is 5.81. The number of aliphatic hydroxyl groups is 1. The first-order valence-corrected chi connectivity index (χ1v) is 10.7. The number of aliphatic imine (C=N–C) groups is 1. The van der Waals surface area contributed by atoms with E-state index in [0.29, 0.717) is 19.0 Å². The van der Waals surface area contributed by atoms with Crippen LogP contribution in [0.1, 0.15) is 23.6 Å². The van der Waals surface area contributed by atoms with Gasteiger partial charge in [0.05, 0.1) is 6.54 Å². The molecule has 0 fully saturated rings. The number of nitrogens with zero attached hydrogens (tertiary/aromatic N) is 2. The molecule has 0 saturated heterocycles. The largest absolute Gasteiger partial charge is 0.386 e. The zero-order valence-corrected chi connectivity index (χ0v) is 20.3. The molecule has 0 radical (unpaired) electrons. The fourth-order valence-electron chi connectivity index (χ4n) is 3.09. The van der Waals surface area contributed by atoms with Crippen LogP contribution >= 0.6 is 35.3 Å². The van der Waals surface area contributed by atoms with Gasteiger partial charge in [0, 0.05) is 34.3 Å². The summed E-state index contributed by atoms with van der Waals surface area (Å²) in [5.74, 6) is 1.35. The van der Waals surface area contributed by atoms with Gasteiger partial charge < -0.3 is 20.3 Å². The summed E-state index contributed by atoms with van der Waals surface area (Å²) in [5, 5.41) is 22.3. The number of fused-ring (bicyclic) bond motifs is 1. The van der Waals surface area contributed by atoms with E-state index in [2.05, 4.69) is 32.9 Å². The van der Waals surface area contributed by atoms with Crippen molar-refractivity contribution in [3.8, 4) is 11.3 Å². The van der Waals surface area contributed by atoms with E-state index >= 15 is 0 Å². The fraction of sp³-hybridized carbons (Fsp3) is 0.217. The zero-order valence-electron chi connectivity index (χ0n) is 17.1. The van der Waals surface area contributed by atoms with Crippen molar-refractivity contribution >= 4 is 51.4 Å². The number of rotatable bonds is 7. The fourth-order valence-corrected chi connectivity index (χ4v) is 4.14. The molecule has 8 heteroatoms. The second-order valence-electron chi connectivity index (χ2n) is 6.83. The molecule has 2 aromatic heterocycles. The maximum Gasteiger partial charge on any atom is 0.191 e. The van der Waals surface area contributed by atoms with Crippen LogP contribution in [-0.4, -0.2) is 29.3 Å². The first-order valence-electron chi connectivity index (χ1n) is 9.92. The number of thiophene rings is 1. The summed E-state index contributed by atoms with van der Waals surface area (Å²) in [6.07, 6.45) is -0.608. The molecule has 162 valence electrons. The standard InChI is InChI=1S/C23H24N4O2S.HI/c1-2-24-23(25-14-18-13-20(29-27-18)16-8-4-3-5-9-16)26-15-19(28)22-12-17-10-6-7-11-21(17)30-22;/h3-13,19,28H,2,14-15H2,1H3,(H2,24,25,26);1H. The Morgan fingerprint density at radius 3 is 2.65 bits per heavy atom. The second-order valence-corrected chi connectivity index (χ2v) is 7.94. The summed E-state index contributed by atoms with van der Waals surface area (Å²) in [5.41, 5.74) is 1.73. The monoisotopic (exact) mass is 548 g/mol. The van der Waals surface area contributed by atoms with Crippen molar-refractivity contribution in [2.45, 2.75) is 19.6 Å². The molecule has 3 N–H and O–H groups in total. The Hall–Kier alpha value is -2.43. The van der Waals surface area contributed by atoms with E-state index in [1.165, 1.54) is 4.70 Å². The van der Waals surface area contributed by atoms with E-state index < -0.39 is 6.10 Å². The summed E-state index contributed by atoms with van der Waals surface area (Å²) in [6, 6.07) is 21.9. The van der Waals surface area contributed by atoms with Crippen molar-refractivity contribution in [1.82, 2.24) is 15.8 Å². The van der Waals surface area contributed by atoms with Crippen LogP contribution in [0.3, 0.4) is 0 Å². The van der Waals surface area contributed by atoms with Crippen molar-refractivity contribution < 1.29 is 9.63 Å². The van der Waals surface area contributed by atoms with Crippen molar-refractivity contribution in [2.24, 2.45) is 4.99 Å². The Bertz CT molecular complexity index is 1090. The SMILES string of the molecule is CCNC(=NCc1cc(-c2ccccc2)on1)NCC(O)c1cc2ccccc2s1.I. The predicted octanol–water partition coefficient (Wildman–Crippen LogP) is 4.96. The van der Waals surface area contributed by atoms with Crippen LogP contribution in [0.2, 0.25) is 0 Å². The first kappa shape index (κ1) is 23.2. The molecular weight excluding hydrogens is 523 g/mol. The Labute approximate surface area is 202 Å². The number of benzene rings is 2. The van der Waals surface area contributed by atoms with Gasteiger partial charge in [0.1, 0.15) is 11.8 Å². The number of hydrogen-bond acceptors (Lipinski definition) is 5. The minimum Gasteiger partial charge on any atom is -0.386 e. The van der Waals surface area contributed by atoms with Crippen molar-refractivity contribution in [1.29, 1.82) is 0 Å². The van der Waals surface area contributed by atoms with Gasteiger partial charge in [-0.25, -0.2) is 4.99 Å². The molecule has 0 aliphatic heterocycles. The second kappa shape index (κ2) is 11.3. The van der Waals surface area contributed by atoms with E-state index in [4.69, 9.17) is 4.52 Å². The minimum atomic E-state index is -0.608. The number of hydrogen-bond donors (Lipinski definition) is 3. The number of aromatic nitrogens is 1. The summed E-state index contributed by atoms with van der Waals surface area (Å²) in [4.78, 5) is 5.50. The number of nitrogens with one attached hydrogen (secondary N) is 2. The van der Waals surface area contributed by atoms with Crippen molar-refractivity contribution in [3.05, 3.63) is 77.3 Å². The van der Waals surface area contributed by atoms with Gasteiger partial charge in [0.25, 0.3) is 0 Å². The molecule has 2 aromatic carbocycles. The van der Waals surface area contributed by atoms with Gasteiger partial charge >= 0.3 is 0 Å². The molecule has 0 bridgehead atoms. The molecular formula is C23H25IN4O2S. The average Bonchev–Trinajstić information content (AvgIpc) is 3.43. The Morgan fingerprint density at radius 2 is 1.87 bits per heavy atom. The molecule has 1 atom stereocenters. The highest BCUT2D eigenvalue weighted by atomic mass is 127. The molecule has 0 spiro atoms. The van der Waals surface area contributed by atoms with Crippen LogP contribution in [0.15, 0.2) is 76.2 Å². The van der Waals surface area contributed by atoms with Crippen molar-refractivity contribution in [2.75, 3.05) is 13.1 Å². The summed E-state index contributed by atoms with van der Waals surface area (Å²) < 4.78 is 6.60. The van der Waals surface area contributed by atoms with Crippen LogP contribution in [0.5, 0.6) is 0 Å². The lowest BCUT2D eigenvalue weighted by Crippen LogP contribution is -2.39. The molecule has 31 heavy (non-hydrogen) atoms. The number of halogens is 1.